The maximum absolute atomic E-state index is 11.2. The maximum Gasteiger partial charge on any atom is 0.315 e. The molecule has 0 spiro atoms. The van der Waals surface area contributed by atoms with Gasteiger partial charge in [0.25, 0.3) is 0 Å². The van der Waals surface area contributed by atoms with E-state index < -0.39 is 11.5 Å². The molecule has 0 saturated carbocycles. The Balaban J connectivity index is 2.23. The third-order valence-corrected chi connectivity index (χ3v) is 4.37. The minimum atomic E-state index is -0.747. The molecule has 1 atom stereocenters. The van der Waals surface area contributed by atoms with Crippen LogP contribution in [-0.4, -0.2) is 28.5 Å². The van der Waals surface area contributed by atoms with Gasteiger partial charge in [0.05, 0.1) is 18.5 Å². The summed E-state index contributed by atoms with van der Waals surface area (Å²) < 4.78 is 5.05. The number of phenolic OH excluding ortho intramolecular Hbond substituents is 1. The smallest absolute Gasteiger partial charge is 0.315 e. The number of phenols is 1. The van der Waals surface area contributed by atoms with E-state index in [1.165, 1.54) is 0 Å². The number of hydrogen-bond acceptors (Lipinski definition) is 5. The van der Waals surface area contributed by atoms with Crippen molar-refractivity contribution in [2.24, 2.45) is 5.41 Å². The number of thiol groups is 1. The third-order valence-electron chi connectivity index (χ3n) is 4.11. The summed E-state index contributed by atoms with van der Waals surface area (Å²) >= 11 is 3.86. The van der Waals surface area contributed by atoms with Gasteiger partial charge in [0.1, 0.15) is 5.75 Å². The largest absolute Gasteiger partial charge is 0.507 e. The summed E-state index contributed by atoms with van der Waals surface area (Å²) in [6.07, 6.45) is -0.231. The lowest BCUT2D eigenvalue weighted by Gasteiger charge is -2.31. The third kappa shape index (κ3) is 3.98. The number of esters is 1. The zero-order chi connectivity index (χ0) is 17.0. The van der Waals surface area contributed by atoms with Crippen LogP contribution in [0.15, 0.2) is 36.4 Å². The standard InChI is InChI=1S/C18H22O4S/c1-18(2,9-10-22-16(20)11-23)17(21)14-7-8-15(19)13-6-4-3-5-12(13)14/h3-8,17,19,21,23H,9-11H2,1-2H3/t17-/m0/s1. The van der Waals surface area contributed by atoms with Crippen molar-refractivity contribution in [3.05, 3.63) is 42.0 Å². The molecule has 2 aromatic rings. The predicted octanol–water partition coefficient (Wildman–Crippen LogP) is 3.47. The number of fused-ring (bicyclic) bond motifs is 1. The van der Waals surface area contributed by atoms with Crippen LogP contribution < -0.4 is 0 Å². The second-order valence-electron chi connectivity index (χ2n) is 6.24. The van der Waals surface area contributed by atoms with Crippen LogP contribution in [-0.2, 0) is 9.53 Å². The van der Waals surface area contributed by atoms with E-state index >= 15 is 0 Å². The minimum absolute atomic E-state index is 0.0472. The number of hydrogen-bond donors (Lipinski definition) is 3. The molecule has 2 aromatic carbocycles. The SMILES string of the molecule is CC(C)(CCOC(=O)CS)[C@@H](O)c1ccc(O)c2ccccc12. The fraction of sp³-hybridized carbons (Fsp3) is 0.389. The Morgan fingerprint density at radius 3 is 2.52 bits per heavy atom. The molecule has 0 heterocycles. The van der Waals surface area contributed by atoms with E-state index in [-0.39, 0.29) is 24.1 Å². The second kappa shape index (κ2) is 7.23. The van der Waals surface area contributed by atoms with Gasteiger partial charge in [-0.05, 0) is 28.9 Å². The monoisotopic (exact) mass is 334 g/mol. The average molecular weight is 334 g/mol. The van der Waals surface area contributed by atoms with Crippen LogP contribution in [0.1, 0.15) is 31.9 Å². The molecule has 2 N–H and O–H groups in total. The quantitative estimate of drug-likeness (QED) is 0.559. The number of rotatable bonds is 6. The van der Waals surface area contributed by atoms with Crippen LogP contribution in [0.3, 0.4) is 0 Å². The molecule has 0 aliphatic carbocycles. The molecule has 0 unspecified atom stereocenters. The van der Waals surface area contributed by atoms with Crippen molar-refractivity contribution >= 4 is 29.4 Å². The Kier molecular flexibility index (Phi) is 5.55. The van der Waals surface area contributed by atoms with Gasteiger partial charge in [0.15, 0.2) is 0 Å². The summed E-state index contributed by atoms with van der Waals surface area (Å²) in [7, 11) is 0. The van der Waals surface area contributed by atoms with E-state index in [9.17, 15) is 15.0 Å². The van der Waals surface area contributed by atoms with Crippen LogP contribution in [0.25, 0.3) is 10.8 Å². The summed E-state index contributed by atoms with van der Waals surface area (Å²) in [5.41, 5.74) is 0.264. The van der Waals surface area contributed by atoms with E-state index in [0.29, 0.717) is 11.8 Å². The first-order valence-electron chi connectivity index (χ1n) is 7.52. The molecule has 5 heteroatoms. The number of benzene rings is 2. The van der Waals surface area contributed by atoms with Gasteiger partial charge in [-0.3, -0.25) is 4.79 Å². The van der Waals surface area contributed by atoms with E-state index in [0.717, 1.165) is 10.9 Å². The normalized spacial score (nSPS) is 13.0. The highest BCUT2D eigenvalue weighted by Crippen LogP contribution is 2.40. The van der Waals surface area contributed by atoms with Crippen LogP contribution in [0.5, 0.6) is 5.75 Å². The van der Waals surface area contributed by atoms with Gasteiger partial charge in [-0.1, -0.05) is 44.2 Å². The Morgan fingerprint density at radius 2 is 1.87 bits per heavy atom. The van der Waals surface area contributed by atoms with Crippen molar-refractivity contribution < 1.29 is 19.7 Å². The number of ether oxygens (including phenoxy) is 1. The van der Waals surface area contributed by atoms with Gasteiger partial charge in [0.2, 0.25) is 0 Å². The van der Waals surface area contributed by atoms with Gasteiger partial charge in [-0.25, -0.2) is 0 Å². The highest BCUT2D eigenvalue weighted by atomic mass is 32.1. The van der Waals surface area contributed by atoms with Crippen molar-refractivity contribution in [3.63, 3.8) is 0 Å². The molecule has 23 heavy (non-hydrogen) atoms. The van der Waals surface area contributed by atoms with Gasteiger partial charge >= 0.3 is 5.97 Å². The Labute approximate surface area is 141 Å². The van der Waals surface area contributed by atoms with Gasteiger partial charge in [0, 0.05) is 5.39 Å². The molecular weight excluding hydrogens is 312 g/mol. The van der Waals surface area contributed by atoms with Crippen molar-refractivity contribution in [1.29, 1.82) is 0 Å². The highest BCUT2D eigenvalue weighted by Gasteiger charge is 2.30. The molecule has 0 aliphatic heterocycles. The Morgan fingerprint density at radius 1 is 1.22 bits per heavy atom. The van der Waals surface area contributed by atoms with Gasteiger partial charge < -0.3 is 14.9 Å². The van der Waals surface area contributed by atoms with Crippen molar-refractivity contribution in [2.45, 2.75) is 26.4 Å². The molecule has 2 rings (SSSR count). The summed E-state index contributed by atoms with van der Waals surface area (Å²) in [5, 5.41) is 22.3. The molecule has 0 fully saturated rings. The topological polar surface area (TPSA) is 66.8 Å². The van der Waals surface area contributed by atoms with Crippen molar-refractivity contribution in [2.75, 3.05) is 12.4 Å². The van der Waals surface area contributed by atoms with Crippen LogP contribution >= 0.6 is 12.6 Å². The molecular formula is C18H22O4S. The number of carbonyl (C=O) groups excluding carboxylic acids is 1. The first-order valence-corrected chi connectivity index (χ1v) is 8.15. The molecule has 0 aliphatic rings. The molecule has 0 radical (unpaired) electrons. The molecule has 0 saturated heterocycles. The van der Waals surface area contributed by atoms with Crippen molar-refractivity contribution in [1.82, 2.24) is 0 Å². The zero-order valence-corrected chi connectivity index (χ0v) is 14.2. The first kappa shape index (κ1) is 17.6. The fourth-order valence-corrected chi connectivity index (χ4v) is 2.67. The van der Waals surface area contributed by atoms with Crippen LogP contribution in [0, 0.1) is 5.41 Å². The Bertz CT molecular complexity index is 696. The first-order chi connectivity index (χ1) is 10.9. The Hall–Kier alpha value is -1.72. The lowest BCUT2D eigenvalue weighted by Crippen LogP contribution is -2.25. The van der Waals surface area contributed by atoms with Gasteiger partial charge in [-0.2, -0.15) is 12.6 Å². The van der Waals surface area contributed by atoms with Gasteiger partial charge in [-0.15, -0.1) is 0 Å². The number of carbonyl (C=O) groups is 1. The number of aromatic hydroxyl groups is 1. The lowest BCUT2D eigenvalue weighted by molar-refractivity contribution is -0.141. The van der Waals surface area contributed by atoms with E-state index in [4.69, 9.17) is 4.74 Å². The molecule has 4 nitrogen and oxygen atoms in total. The summed E-state index contributed by atoms with van der Waals surface area (Å²) in [6, 6.07) is 10.8. The van der Waals surface area contributed by atoms with E-state index in [1.807, 2.05) is 38.1 Å². The number of aliphatic hydroxyl groups is 1. The minimum Gasteiger partial charge on any atom is -0.507 e. The number of aliphatic hydroxyl groups excluding tert-OH is 1. The highest BCUT2D eigenvalue weighted by molar-refractivity contribution is 7.81. The maximum atomic E-state index is 11.2. The van der Waals surface area contributed by atoms with Crippen molar-refractivity contribution in [3.8, 4) is 5.75 Å². The average Bonchev–Trinajstić information content (AvgIpc) is 2.54. The second-order valence-corrected chi connectivity index (χ2v) is 6.56. The molecule has 0 aromatic heterocycles. The molecule has 124 valence electrons. The predicted molar refractivity (Wildman–Crippen MR) is 93.8 cm³/mol. The van der Waals surface area contributed by atoms with Crippen LogP contribution in [0.2, 0.25) is 0 Å². The fourth-order valence-electron chi connectivity index (χ4n) is 2.58. The van der Waals surface area contributed by atoms with E-state index in [1.54, 1.807) is 12.1 Å². The summed E-state index contributed by atoms with van der Waals surface area (Å²) in [4.78, 5) is 11.2. The lowest BCUT2D eigenvalue weighted by atomic mass is 9.79. The summed E-state index contributed by atoms with van der Waals surface area (Å²) in [6.45, 7) is 4.08. The molecule has 0 amide bonds. The molecule has 0 bridgehead atoms. The van der Waals surface area contributed by atoms with Crippen LogP contribution in [0.4, 0.5) is 0 Å². The summed E-state index contributed by atoms with van der Waals surface area (Å²) in [5.74, 6) is -0.128. The van der Waals surface area contributed by atoms with E-state index in [2.05, 4.69) is 12.6 Å². The zero-order valence-electron chi connectivity index (χ0n) is 13.3.